The number of fused-ring (bicyclic) bond motifs is 2. The summed E-state index contributed by atoms with van der Waals surface area (Å²) in [5.74, 6) is -5.68. The van der Waals surface area contributed by atoms with E-state index in [4.69, 9.17) is 5.73 Å². The molecule has 1 unspecified atom stereocenters. The molecule has 1 heterocycles. The Morgan fingerprint density at radius 3 is 2.48 bits per heavy atom. The van der Waals surface area contributed by atoms with Crippen LogP contribution in [0.1, 0.15) is 68.4 Å². The molecule has 1 amide bonds. The topological polar surface area (TPSA) is 83.8 Å². The number of carbonyl (C=O) groups excluding carboxylic acids is 1. The second kappa shape index (κ2) is 7.17. The lowest BCUT2D eigenvalue weighted by Crippen LogP contribution is -2.39. The summed E-state index contributed by atoms with van der Waals surface area (Å²) in [4.78, 5) is 20.4. The molecule has 9 heteroatoms. The van der Waals surface area contributed by atoms with E-state index in [-0.39, 0.29) is 43.0 Å². The summed E-state index contributed by atoms with van der Waals surface area (Å²) < 4.78 is 53.2. The quantitative estimate of drug-likeness (QED) is 0.512. The van der Waals surface area contributed by atoms with E-state index < -0.39 is 29.7 Å². The van der Waals surface area contributed by atoms with Gasteiger partial charge in [0.2, 0.25) is 11.8 Å². The minimum atomic E-state index is -2.62. The van der Waals surface area contributed by atoms with Gasteiger partial charge in [-0.05, 0) is 61.1 Å². The Morgan fingerprint density at radius 1 is 1.15 bits per heavy atom. The molecule has 2 aromatic rings. The van der Waals surface area contributed by atoms with E-state index in [0.29, 0.717) is 24.6 Å². The van der Waals surface area contributed by atoms with Gasteiger partial charge in [-0.3, -0.25) is 4.79 Å². The van der Waals surface area contributed by atoms with E-state index in [1.165, 1.54) is 0 Å². The summed E-state index contributed by atoms with van der Waals surface area (Å²) in [6.45, 7) is 0. The van der Waals surface area contributed by atoms with Gasteiger partial charge in [-0.1, -0.05) is 6.07 Å². The van der Waals surface area contributed by atoms with E-state index >= 15 is 0 Å². The Hall–Kier alpha value is -2.16. The van der Waals surface area contributed by atoms with E-state index in [1.54, 1.807) is 0 Å². The van der Waals surface area contributed by atoms with Gasteiger partial charge < -0.3 is 16.0 Å². The van der Waals surface area contributed by atoms with Crippen LogP contribution in [-0.4, -0.2) is 27.7 Å². The predicted molar refractivity (Wildman–Crippen MR) is 114 cm³/mol. The second-order valence-electron chi connectivity index (χ2n) is 10.8. The number of aromatic nitrogens is 2. The summed E-state index contributed by atoms with van der Waals surface area (Å²) >= 11 is 0. The Kier molecular flexibility index (Phi) is 4.64. The van der Waals surface area contributed by atoms with Gasteiger partial charge in [-0.15, -0.1) is 0 Å². The number of H-pyrrole nitrogens is 1. The standard InChI is InChI=1S/C24H28F4N4O/c25-23(26)9-11(10-23)5-19(33)32-21(12-1-2-12)13-3-4-17-18(8-13)31-22(30-17)20(29)14-6-15-16(7-14)24(15,27)28/h3-4,8,11-12,14-16,20-21H,1-2,5-7,9-10,29H2,(H,30,31)(H,32,33)/t14?,15-,16+,20-,21+/m0/s1. The smallest absolute Gasteiger partial charge is 0.254 e. The molecule has 5 atom stereocenters. The molecule has 5 nitrogen and oxygen atoms in total. The number of amides is 1. The Morgan fingerprint density at radius 2 is 1.85 bits per heavy atom. The van der Waals surface area contributed by atoms with Crippen molar-refractivity contribution >= 4 is 16.9 Å². The minimum absolute atomic E-state index is 0.00274. The molecular formula is C24H28F4N4O. The van der Waals surface area contributed by atoms with Crippen molar-refractivity contribution in [2.24, 2.45) is 35.3 Å². The normalized spacial score (nSPS) is 31.6. The summed E-state index contributed by atoms with van der Waals surface area (Å²) in [5, 5.41) is 3.06. The van der Waals surface area contributed by atoms with E-state index in [1.807, 2.05) is 18.2 Å². The predicted octanol–water partition coefficient (Wildman–Crippen LogP) is 4.86. The lowest BCUT2D eigenvalue weighted by atomic mass is 9.79. The largest absolute Gasteiger partial charge is 0.349 e. The highest BCUT2D eigenvalue weighted by Gasteiger charge is 2.71. The summed E-state index contributed by atoms with van der Waals surface area (Å²) in [6, 6.07) is 5.20. The van der Waals surface area contributed by atoms with Crippen LogP contribution in [0.3, 0.4) is 0 Å². The Balaban J connectivity index is 1.14. The first-order valence-corrected chi connectivity index (χ1v) is 11.9. The van der Waals surface area contributed by atoms with Crippen LogP contribution in [0.5, 0.6) is 0 Å². The number of hydrogen-bond acceptors (Lipinski definition) is 3. The number of nitrogens with two attached hydrogens (primary N) is 1. The number of alkyl halides is 4. The van der Waals surface area contributed by atoms with Crippen molar-refractivity contribution in [1.29, 1.82) is 0 Å². The van der Waals surface area contributed by atoms with Gasteiger partial charge >= 0.3 is 0 Å². The number of aromatic amines is 1. The lowest BCUT2D eigenvalue weighted by Gasteiger charge is -2.34. The van der Waals surface area contributed by atoms with Gasteiger partial charge in [0, 0.05) is 31.1 Å². The van der Waals surface area contributed by atoms with Crippen LogP contribution in [0.2, 0.25) is 0 Å². The van der Waals surface area contributed by atoms with Crippen molar-refractivity contribution in [1.82, 2.24) is 15.3 Å². The fraction of sp³-hybridized carbons (Fsp3) is 0.667. The van der Waals surface area contributed by atoms with Gasteiger partial charge in [0.15, 0.2) is 0 Å². The molecule has 4 aliphatic carbocycles. The number of carbonyl (C=O) groups is 1. The summed E-state index contributed by atoms with van der Waals surface area (Å²) in [6.07, 6.45) is 2.60. The van der Waals surface area contributed by atoms with Crippen molar-refractivity contribution in [3.8, 4) is 0 Å². The van der Waals surface area contributed by atoms with Crippen molar-refractivity contribution in [2.45, 2.75) is 68.9 Å². The minimum Gasteiger partial charge on any atom is -0.349 e. The number of halogens is 4. The maximum absolute atomic E-state index is 13.5. The molecule has 4 aliphatic rings. The number of hydrogen-bond donors (Lipinski definition) is 3. The highest BCUT2D eigenvalue weighted by molar-refractivity contribution is 5.78. The van der Waals surface area contributed by atoms with Crippen LogP contribution >= 0.6 is 0 Å². The van der Waals surface area contributed by atoms with Crippen molar-refractivity contribution in [3.63, 3.8) is 0 Å². The summed E-state index contributed by atoms with van der Waals surface area (Å²) in [7, 11) is 0. The Labute approximate surface area is 188 Å². The number of imidazole rings is 1. The highest BCUT2D eigenvalue weighted by atomic mass is 19.3. The first kappa shape index (κ1) is 21.4. The van der Waals surface area contributed by atoms with Crippen molar-refractivity contribution in [2.75, 3.05) is 0 Å². The zero-order valence-electron chi connectivity index (χ0n) is 18.2. The molecule has 4 saturated carbocycles. The maximum Gasteiger partial charge on any atom is 0.254 e. The van der Waals surface area contributed by atoms with Crippen molar-refractivity contribution < 1.29 is 22.4 Å². The third kappa shape index (κ3) is 3.82. The van der Waals surface area contributed by atoms with Crippen LogP contribution in [0.15, 0.2) is 18.2 Å². The van der Waals surface area contributed by atoms with Gasteiger partial charge in [-0.2, -0.15) is 0 Å². The maximum atomic E-state index is 13.5. The molecule has 0 bridgehead atoms. The van der Waals surface area contributed by atoms with Crippen LogP contribution < -0.4 is 11.1 Å². The van der Waals surface area contributed by atoms with E-state index in [9.17, 15) is 22.4 Å². The first-order chi connectivity index (χ1) is 15.6. The monoisotopic (exact) mass is 464 g/mol. The zero-order valence-corrected chi connectivity index (χ0v) is 18.2. The fourth-order valence-corrected chi connectivity index (χ4v) is 6.09. The number of nitrogens with one attached hydrogen (secondary N) is 2. The molecular weight excluding hydrogens is 436 g/mol. The van der Waals surface area contributed by atoms with Crippen LogP contribution in [0.4, 0.5) is 17.6 Å². The third-order valence-electron chi connectivity index (χ3n) is 8.24. The number of rotatable bonds is 7. The average Bonchev–Trinajstić information content (AvgIpc) is 3.49. The lowest BCUT2D eigenvalue weighted by molar-refractivity contribution is -0.134. The van der Waals surface area contributed by atoms with E-state index in [0.717, 1.165) is 29.4 Å². The van der Waals surface area contributed by atoms with Gasteiger partial charge in [0.25, 0.3) is 5.92 Å². The van der Waals surface area contributed by atoms with Gasteiger partial charge in [0.1, 0.15) is 5.82 Å². The van der Waals surface area contributed by atoms with E-state index in [2.05, 4.69) is 15.3 Å². The van der Waals surface area contributed by atoms with Crippen LogP contribution in [-0.2, 0) is 4.79 Å². The molecule has 178 valence electrons. The highest BCUT2D eigenvalue weighted by Crippen LogP contribution is 2.66. The summed E-state index contributed by atoms with van der Waals surface area (Å²) in [5.41, 5.74) is 8.88. The molecule has 4 fully saturated rings. The molecule has 1 aromatic heterocycles. The van der Waals surface area contributed by atoms with Crippen LogP contribution in [0, 0.1) is 29.6 Å². The Bertz CT molecular complexity index is 1080. The molecule has 4 N–H and O–H groups in total. The molecule has 0 spiro atoms. The SMILES string of the molecule is N[C@H](c1nc2ccc([C@H](NC(=O)CC3CC(F)(F)C3)C3CC3)cc2[nH]1)C1C[C@@H]2[C@H](C1)C2(F)F. The van der Waals surface area contributed by atoms with Gasteiger partial charge in [-0.25, -0.2) is 22.5 Å². The van der Waals surface area contributed by atoms with Crippen molar-refractivity contribution in [3.05, 3.63) is 29.6 Å². The number of nitrogens with zero attached hydrogens (tertiary/aromatic N) is 1. The zero-order chi connectivity index (χ0) is 23.1. The molecule has 6 rings (SSSR count). The molecule has 0 aliphatic heterocycles. The van der Waals surface area contributed by atoms with Gasteiger partial charge in [0.05, 0.1) is 23.1 Å². The second-order valence-corrected chi connectivity index (χ2v) is 10.8. The molecule has 33 heavy (non-hydrogen) atoms. The third-order valence-corrected chi connectivity index (χ3v) is 8.24. The first-order valence-electron chi connectivity index (χ1n) is 11.9. The number of benzene rings is 1. The molecule has 0 radical (unpaired) electrons. The fourth-order valence-electron chi connectivity index (χ4n) is 6.09. The molecule has 0 saturated heterocycles. The average molecular weight is 465 g/mol. The van der Waals surface area contributed by atoms with Crippen LogP contribution in [0.25, 0.3) is 11.0 Å². The molecule has 1 aromatic carbocycles.